The number of rotatable bonds is 3. The lowest BCUT2D eigenvalue weighted by Gasteiger charge is -2.07. The first-order chi connectivity index (χ1) is 8.68. The summed E-state index contributed by atoms with van der Waals surface area (Å²) in [5, 5.41) is 0.357. The zero-order valence-electron chi connectivity index (χ0n) is 12.6. The van der Waals surface area contributed by atoms with E-state index in [0.29, 0.717) is 10.9 Å². The van der Waals surface area contributed by atoms with Gasteiger partial charge in [0.25, 0.3) is 0 Å². The molecule has 1 aromatic carbocycles. The fourth-order valence-electron chi connectivity index (χ4n) is 1.37. The molecule has 1 N–H and O–H groups in total. The van der Waals surface area contributed by atoms with Gasteiger partial charge in [-0.3, -0.25) is 0 Å². The predicted molar refractivity (Wildman–Crippen MR) is 60.5 cm³/mol. The molecule has 0 aliphatic carbocycles. The van der Waals surface area contributed by atoms with Gasteiger partial charge in [-0.1, -0.05) is 0 Å². The summed E-state index contributed by atoms with van der Waals surface area (Å²) in [6.45, 7) is -2.21. The number of hydrogen-bond donors (Lipinski definition) is 1. The highest BCUT2D eigenvalue weighted by Crippen LogP contribution is 2.19. The van der Waals surface area contributed by atoms with Crippen LogP contribution in [0.3, 0.4) is 0 Å². The average Bonchev–Trinajstić information content (AvgIpc) is 2.71. The van der Waals surface area contributed by atoms with Gasteiger partial charge in [-0.05, 0) is 44.2 Å². The van der Waals surface area contributed by atoms with Gasteiger partial charge in [0.2, 0.25) is 0 Å². The number of halogens is 1. The fourth-order valence-corrected chi connectivity index (χ4v) is 1.37. The van der Waals surface area contributed by atoms with Gasteiger partial charge in [-0.2, -0.15) is 0 Å². The van der Waals surface area contributed by atoms with Crippen molar-refractivity contribution in [3.63, 3.8) is 0 Å². The van der Waals surface area contributed by atoms with Crippen molar-refractivity contribution in [2.45, 2.75) is 6.37 Å². The molecule has 0 unspecified atom stereocenters. The van der Waals surface area contributed by atoms with Crippen molar-refractivity contribution in [3.8, 4) is 0 Å². The molecule has 2 aromatic rings. The highest BCUT2D eigenvalue weighted by atomic mass is 19.1. The average molecular weight is 210 g/mol. The Kier molecular flexibility index (Phi) is 1.69. The molecule has 0 aliphatic rings. The van der Waals surface area contributed by atoms with Gasteiger partial charge in [0.1, 0.15) is 5.82 Å². The van der Waals surface area contributed by atoms with E-state index in [1.165, 1.54) is 43.4 Å². The highest BCUT2D eigenvalue weighted by molar-refractivity contribution is 5.83. The molecular formula is C12H15FN2. The second kappa shape index (κ2) is 4.03. The predicted octanol–water partition coefficient (Wildman–Crippen LogP) is 2.41. The maximum Gasteiger partial charge on any atom is 0.123 e. The molecule has 0 saturated heterocycles. The molecule has 15 heavy (non-hydrogen) atoms. The molecule has 0 bridgehead atoms. The summed E-state index contributed by atoms with van der Waals surface area (Å²) in [5.41, 5.74) is 0.690. The largest absolute Gasteiger partial charge is 0.361 e. The topological polar surface area (TPSA) is 19.0 Å². The summed E-state index contributed by atoms with van der Waals surface area (Å²) in [5.74, 6) is -0.477. The number of fused-ring (bicyclic) bond motifs is 1. The highest BCUT2D eigenvalue weighted by Gasteiger charge is 2.04. The van der Waals surface area contributed by atoms with Crippen molar-refractivity contribution in [3.05, 3.63) is 35.8 Å². The normalized spacial score (nSPS) is 17.3. The number of benzene rings is 1. The molecule has 0 aliphatic heterocycles. The minimum Gasteiger partial charge on any atom is -0.361 e. The maximum atomic E-state index is 13.3. The van der Waals surface area contributed by atoms with E-state index in [0.717, 1.165) is 0 Å². The number of nitrogens with one attached hydrogen (secondary N) is 1. The number of aromatic nitrogens is 1. The van der Waals surface area contributed by atoms with Crippen molar-refractivity contribution in [2.24, 2.45) is 0 Å². The van der Waals surface area contributed by atoms with E-state index in [4.69, 9.17) is 5.48 Å². The first-order valence-electron chi connectivity index (χ1n) is 6.62. The second-order valence-corrected chi connectivity index (χ2v) is 3.52. The van der Waals surface area contributed by atoms with E-state index in [1.54, 1.807) is 0 Å². The molecule has 2 rings (SSSR count). The van der Waals surface area contributed by atoms with Gasteiger partial charge in [0.15, 0.2) is 0 Å². The molecule has 3 heteroatoms. The number of H-pyrrole nitrogens is 1. The Morgan fingerprint density at radius 3 is 3.00 bits per heavy atom. The van der Waals surface area contributed by atoms with Gasteiger partial charge in [0.05, 0.1) is 0 Å². The van der Waals surface area contributed by atoms with Gasteiger partial charge in [0, 0.05) is 29.1 Å². The van der Waals surface area contributed by atoms with Crippen LogP contribution in [0.1, 0.15) is 11.0 Å². The van der Waals surface area contributed by atoms with Crippen LogP contribution in [0.2, 0.25) is 0 Å². The van der Waals surface area contributed by atoms with E-state index in [1.807, 2.05) is 0 Å². The smallest absolute Gasteiger partial charge is 0.123 e. The van der Waals surface area contributed by atoms with Crippen LogP contribution in [-0.2, 0) is 6.37 Å². The van der Waals surface area contributed by atoms with Gasteiger partial charge in [-0.15, -0.1) is 0 Å². The molecule has 80 valence electrons. The molecule has 1 heterocycles. The van der Waals surface area contributed by atoms with Crippen molar-refractivity contribution < 1.29 is 9.87 Å². The van der Waals surface area contributed by atoms with Gasteiger partial charge < -0.3 is 9.88 Å². The van der Waals surface area contributed by atoms with Gasteiger partial charge in [-0.25, -0.2) is 4.39 Å². The molecule has 0 spiro atoms. The van der Waals surface area contributed by atoms with Crippen LogP contribution in [0.15, 0.2) is 24.4 Å². The third kappa shape index (κ3) is 2.18. The summed E-state index contributed by atoms with van der Waals surface area (Å²) < 4.78 is 45.2. The summed E-state index contributed by atoms with van der Waals surface area (Å²) in [4.78, 5) is 4.01. The summed E-state index contributed by atoms with van der Waals surface area (Å²) in [7, 11) is 2.93. The molecule has 0 fully saturated rings. The SMILES string of the molecule is [2H]C([2H])(c1c[nH]c2ccc(F)cc12)C([2H])([2H])N(C)C. The Bertz CT molecular complexity index is 607. The minimum absolute atomic E-state index is 0.112. The lowest BCUT2D eigenvalue weighted by molar-refractivity contribution is 0.414. The minimum atomic E-state index is -2.28. The molecule has 1 aromatic heterocycles. The van der Waals surface area contributed by atoms with Crippen LogP contribution in [0.5, 0.6) is 0 Å². The van der Waals surface area contributed by atoms with Crippen LogP contribution in [0.4, 0.5) is 4.39 Å². The molecule has 0 radical (unpaired) electrons. The Morgan fingerprint density at radius 2 is 2.27 bits per heavy atom. The fraction of sp³-hybridized carbons (Fsp3) is 0.333. The second-order valence-electron chi connectivity index (χ2n) is 3.52. The van der Waals surface area contributed by atoms with Crippen molar-refractivity contribution in [2.75, 3.05) is 20.6 Å². The summed E-state index contributed by atoms with van der Waals surface area (Å²) in [6.07, 6.45) is -0.881. The first-order valence-corrected chi connectivity index (χ1v) is 4.62. The van der Waals surface area contributed by atoms with Crippen LogP contribution in [0, 0.1) is 5.82 Å². The van der Waals surface area contributed by atoms with E-state index < -0.39 is 18.7 Å². The van der Waals surface area contributed by atoms with Crippen molar-refractivity contribution in [1.82, 2.24) is 9.88 Å². The number of aromatic amines is 1. The van der Waals surface area contributed by atoms with E-state index in [2.05, 4.69) is 4.98 Å². The van der Waals surface area contributed by atoms with Crippen LogP contribution in [0.25, 0.3) is 10.9 Å². The first kappa shape index (κ1) is 6.28. The van der Waals surface area contributed by atoms with Crippen LogP contribution in [-0.4, -0.2) is 30.5 Å². The number of nitrogens with zero attached hydrogens (tertiary/aromatic N) is 1. The van der Waals surface area contributed by atoms with E-state index in [-0.39, 0.29) is 5.56 Å². The van der Waals surface area contributed by atoms with Crippen molar-refractivity contribution >= 4 is 10.9 Å². The lowest BCUT2D eigenvalue weighted by atomic mass is 10.1. The number of likely N-dealkylation sites (N-methyl/N-ethyl adjacent to an activating group) is 1. The number of hydrogen-bond acceptors (Lipinski definition) is 1. The van der Waals surface area contributed by atoms with E-state index in [9.17, 15) is 4.39 Å². The Morgan fingerprint density at radius 1 is 1.47 bits per heavy atom. The monoisotopic (exact) mass is 210 g/mol. The standard InChI is InChI=1S/C12H15FN2/c1-15(2)6-5-9-8-14-12-4-3-10(13)7-11(9)12/h3-4,7-8,14H,5-6H2,1-2H3/i5D2,6D2. The van der Waals surface area contributed by atoms with Gasteiger partial charge >= 0.3 is 0 Å². The molecular weight excluding hydrogens is 191 g/mol. The lowest BCUT2D eigenvalue weighted by Crippen LogP contribution is -2.14. The number of aryl methyl sites for hydroxylation is 1. The van der Waals surface area contributed by atoms with E-state index >= 15 is 0 Å². The Hall–Kier alpha value is -1.35. The summed E-state index contributed by atoms with van der Waals surface area (Å²) >= 11 is 0. The van der Waals surface area contributed by atoms with Crippen molar-refractivity contribution in [1.29, 1.82) is 0 Å². The third-order valence-electron chi connectivity index (χ3n) is 2.06. The van der Waals surface area contributed by atoms with Crippen LogP contribution >= 0.6 is 0 Å². The quantitative estimate of drug-likeness (QED) is 0.824. The Balaban J connectivity index is 2.64. The molecule has 2 nitrogen and oxygen atoms in total. The molecule has 0 saturated carbocycles. The van der Waals surface area contributed by atoms with Crippen LogP contribution < -0.4 is 0 Å². The molecule has 0 amide bonds. The zero-order chi connectivity index (χ0) is 14.4. The molecule has 0 atom stereocenters. The third-order valence-corrected chi connectivity index (χ3v) is 2.06. The maximum absolute atomic E-state index is 13.3. The zero-order valence-corrected chi connectivity index (χ0v) is 8.63. The Labute approximate surface area is 94.3 Å². The summed E-state index contributed by atoms with van der Waals surface area (Å²) in [6, 6.07) is 4.00.